The van der Waals surface area contributed by atoms with Gasteiger partial charge in [0.1, 0.15) is 0 Å². The average molecular weight is 477 g/mol. The fourth-order valence-corrected chi connectivity index (χ4v) is 5.09. The molecule has 6 heteroatoms. The lowest BCUT2D eigenvalue weighted by atomic mass is 9.82. The smallest absolute Gasteiger partial charge is 0.191 e. The monoisotopic (exact) mass is 477 g/mol. The normalized spacial score (nSPS) is 30.3. The molecule has 0 aromatic carbocycles. The van der Waals surface area contributed by atoms with Crippen molar-refractivity contribution in [3.8, 4) is 0 Å². The van der Waals surface area contributed by atoms with Crippen LogP contribution in [-0.2, 0) is 0 Å². The molecule has 1 aliphatic carbocycles. The first kappa shape index (κ1) is 22.2. The van der Waals surface area contributed by atoms with Gasteiger partial charge in [0.2, 0.25) is 0 Å². The van der Waals surface area contributed by atoms with Crippen LogP contribution in [0.5, 0.6) is 0 Å². The molecule has 5 nitrogen and oxygen atoms in total. The number of halogens is 1. The minimum Gasteiger partial charge on any atom is -0.357 e. The van der Waals surface area contributed by atoms with E-state index < -0.39 is 0 Å². The average Bonchev–Trinajstić information content (AvgIpc) is 3.10. The fourth-order valence-electron chi connectivity index (χ4n) is 5.09. The summed E-state index contributed by atoms with van der Waals surface area (Å²) in [5, 5.41) is 7.20. The molecule has 2 unspecified atom stereocenters. The van der Waals surface area contributed by atoms with Crippen molar-refractivity contribution in [1.29, 1.82) is 0 Å². The number of hydrogen-bond acceptors (Lipinski definition) is 3. The molecule has 2 N–H and O–H groups in total. The molecule has 2 aliphatic heterocycles. The van der Waals surface area contributed by atoms with E-state index in [1.54, 1.807) is 0 Å². The second-order valence-corrected chi connectivity index (χ2v) is 8.40. The Morgan fingerprint density at radius 2 is 1.73 bits per heavy atom. The van der Waals surface area contributed by atoms with E-state index in [2.05, 4.69) is 41.5 Å². The number of nitrogens with one attached hydrogen (secondary N) is 2. The SMILES string of the molecule is CCNC(=NCCN(C)C1CCCC1)NC1CC2CCCC(C1)N2C.I. The molecule has 2 saturated heterocycles. The van der Waals surface area contributed by atoms with Gasteiger partial charge in [-0.1, -0.05) is 19.3 Å². The summed E-state index contributed by atoms with van der Waals surface area (Å²) < 4.78 is 0. The minimum atomic E-state index is 0. The largest absolute Gasteiger partial charge is 0.357 e. The number of rotatable bonds is 6. The van der Waals surface area contributed by atoms with Crippen molar-refractivity contribution in [2.24, 2.45) is 4.99 Å². The molecular formula is C20H40IN5. The Balaban J connectivity index is 0.00000243. The molecule has 3 fully saturated rings. The van der Waals surface area contributed by atoms with Gasteiger partial charge >= 0.3 is 0 Å². The van der Waals surface area contributed by atoms with Gasteiger partial charge in [-0.15, -0.1) is 24.0 Å². The molecule has 0 amide bonds. The second kappa shape index (κ2) is 11.1. The summed E-state index contributed by atoms with van der Waals surface area (Å²) in [6, 6.07) is 2.90. The van der Waals surface area contributed by atoms with Crippen LogP contribution in [0.1, 0.15) is 64.7 Å². The molecule has 0 spiro atoms. The van der Waals surface area contributed by atoms with E-state index in [0.717, 1.165) is 43.7 Å². The molecule has 0 aromatic heterocycles. The van der Waals surface area contributed by atoms with Gasteiger partial charge < -0.3 is 20.4 Å². The van der Waals surface area contributed by atoms with Crippen LogP contribution >= 0.6 is 24.0 Å². The quantitative estimate of drug-likeness (QED) is 0.351. The molecule has 1 saturated carbocycles. The Hall–Kier alpha value is -0.0800. The third kappa shape index (κ3) is 5.96. The zero-order valence-corrected chi connectivity index (χ0v) is 19.4. The van der Waals surface area contributed by atoms with Gasteiger partial charge in [0.25, 0.3) is 0 Å². The molecule has 3 aliphatic rings. The molecule has 0 radical (unpaired) electrons. The fraction of sp³-hybridized carbons (Fsp3) is 0.950. The van der Waals surface area contributed by atoms with E-state index in [9.17, 15) is 0 Å². The van der Waals surface area contributed by atoms with Crippen molar-refractivity contribution in [3.63, 3.8) is 0 Å². The lowest BCUT2D eigenvalue weighted by molar-refractivity contribution is 0.0526. The Morgan fingerprint density at radius 1 is 1.08 bits per heavy atom. The highest BCUT2D eigenvalue weighted by atomic mass is 127. The Kier molecular flexibility index (Phi) is 9.44. The summed E-state index contributed by atoms with van der Waals surface area (Å²) in [5.41, 5.74) is 0. The Labute approximate surface area is 177 Å². The summed E-state index contributed by atoms with van der Waals surface area (Å²) in [6.45, 7) is 5.05. The molecule has 2 heterocycles. The molecular weight excluding hydrogens is 437 g/mol. The van der Waals surface area contributed by atoms with Gasteiger partial charge in [0.05, 0.1) is 6.54 Å². The summed E-state index contributed by atoms with van der Waals surface area (Å²) >= 11 is 0. The predicted molar refractivity (Wildman–Crippen MR) is 122 cm³/mol. The third-order valence-corrected chi connectivity index (χ3v) is 6.70. The third-order valence-electron chi connectivity index (χ3n) is 6.70. The molecule has 2 bridgehead atoms. The van der Waals surface area contributed by atoms with Gasteiger partial charge in [-0.05, 0) is 59.5 Å². The Morgan fingerprint density at radius 3 is 2.35 bits per heavy atom. The standard InChI is InChI=1S/C20H39N5.HI/c1-4-21-20(22-12-13-24(2)17-8-5-6-9-17)23-16-14-18-10-7-11-19(15-16)25(18)3;/h16-19H,4-15H2,1-3H3,(H2,21,22,23);1H. The van der Waals surface area contributed by atoms with Crippen LogP contribution in [0.15, 0.2) is 4.99 Å². The van der Waals surface area contributed by atoms with E-state index in [4.69, 9.17) is 4.99 Å². The van der Waals surface area contributed by atoms with E-state index in [-0.39, 0.29) is 24.0 Å². The Bertz CT molecular complexity index is 424. The zero-order valence-electron chi connectivity index (χ0n) is 17.0. The number of fused-ring (bicyclic) bond motifs is 2. The van der Waals surface area contributed by atoms with Crippen LogP contribution in [-0.4, -0.2) is 73.7 Å². The van der Waals surface area contributed by atoms with Crippen molar-refractivity contribution in [2.75, 3.05) is 33.7 Å². The number of likely N-dealkylation sites (N-methyl/N-ethyl adjacent to an activating group) is 1. The number of nitrogens with zero attached hydrogens (tertiary/aromatic N) is 3. The van der Waals surface area contributed by atoms with Crippen LogP contribution in [0.2, 0.25) is 0 Å². The predicted octanol–water partition coefficient (Wildman–Crippen LogP) is 3.05. The van der Waals surface area contributed by atoms with Crippen LogP contribution < -0.4 is 10.6 Å². The summed E-state index contributed by atoms with van der Waals surface area (Å²) in [6.07, 6.45) is 12.2. The maximum Gasteiger partial charge on any atom is 0.191 e. The lowest BCUT2D eigenvalue weighted by Gasteiger charge is -2.47. The second-order valence-electron chi connectivity index (χ2n) is 8.40. The van der Waals surface area contributed by atoms with Crippen LogP contribution in [0.4, 0.5) is 0 Å². The van der Waals surface area contributed by atoms with E-state index in [1.807, 2.05) is 0 Å². The molecule has 152 valence electrons. The van der Waals surface area contributed by atoms with Crippen molar-refractivity contribution in [3.05, 3.63) is 0 Å². The summed E-state index contributed by atoms with van der Waals surface area (Å²) in [5.74, 6) is 1.02. The molecule has 26 heavy (non-hydrogen) atoms. The maximum absolute atomic E-state index is 4.87. The minimum absolute atomic E-state index is 0. The van der Waals surface area contributed by atoms with E-state index in [0.29, 0.717) is 6.04 Å². The summed E-state index contributed by atoms with van der Waals surface area (Å²) in [4.78, 5) is 10.0. The lowest BCUT2D eigenvalue weighted by Crippen LogP contribution is -2.56. The number of piperidine rings is 2. The first-order valence-corrected chi connectivity index (χ1v) is 10.6. The first-order chi connectivity index (χ1) is 12.2. The number of hydrogen-bond donors (Lipinski definition) is 2. The molecule has 0 aromatic rings. The summed E-state index contributed by atoms with van der Waals surface area (Å²) in [7, 11) is 4.59. The highest BCUT2D eigenvalue weighted by Gasteiger charge is 2.36. The maximum atomic E-state index is 4.87. The van der Waals surface area contributed by atoms with Gasteiger partial charge in [-0.3, -0.25) is 4.99 Å². The van der Waals surface area contributed by atoms with Crippen molar-refractivity contribution in [2.45, 2.75) is 88.9 Å². The first-order valence-electron chi connectivity index (χ1n) is 10.6. The van der Waals surface area contributed by atoms with Crippen LogP contribution in [0.3, 0.4) is 0 Å². The molecule has 2 atom stereocenters. The van der Waals surface area contributed by atoms with Gasteiger partial charge in [-0.25, -0.2) is 0 Å². The van der Waals surface area contributed by atoms with E-state index >= 15 is 0 Å². The topological polar surface area (TPSA) is 42.9 Å². The number of aliphatic imine (C=N–C) groups is 1. The van der Waals surface area contributed by atoms with Crippen molar-refractivity contribution >= 4 is 29.9 Å². The highest BCUT2D eigenvalue weighted by Crippen LogP contribution is 2.32. The van der Waals surface area contributed by atoms with Crippen LogP contribution in [0.25, 0.3) is 0 Å². The zero-order chi connectivity index (χ0) is 17.6. The molecule has 3 rings (SSSR count). The highest BCUT2D eigenvalue weighted by molar-refractivity contribution is 14.0. The van der Waals surface area contributed by atoms with Gasteiger partial charge in [0.15, 0.2) is 5.96 Å². The van der Waals surface area contributed by atoms with Crippen molar-refractivity contribution in [1.82, 2.24) is 20.4 Å². The van der Waals surface area contributed by atoms with Gasteiger partial charge in [-0.2, -0.15) is 0 Å². The van der Waals surface area contributed by atoms with Crippen molar-refractivity contribution < 1.29 is 0 Å². The van der Waals surface area contributed by atoms with E-state index in [1.165, 1.54) is 57.8 Å². The van der Waals surface area contributed by atoms with Gasteiger partial charge in [0, 0.05) is 37.3 Å². The number of guanidine groups is 1. The van der Waals surface area contributed by atoms with Crippen LogP contribution in [0, 0.1) is 0 Å².